The van der Waals surface area contributed by atoms with E-state index >= 15 is 0 Å². The summed E-state index contributed by atoms with van der Waals surface area (Å²) in [5.74, 6) is -1.16. The van der Waals surface area contributed by atoms with Gasteiger partial charge in [0.25, 0.3) is 0 Å². The van der Waals surface area contributed by atoms with Crippen molar-refractivity contribution in [1.29, 1.82) is 0 Å². The van der Waals surface area contributed by atoms with E-state index in [0.717, 1.165) is 30.4 Å². The van der Waals surface area contributed by atoms with Crippen LogP contribution in [-0.2, 0) is 35.0 Å². The normalized spacial score (nSPS) is 13.2. The molecule has 0 aliphatic rings. The van der Waals surface area contributed by atoms with Crippen LogP contribution in [0.5, 0.6) is 0 Å². The molecule has 1 aromatic carbocycles. The number of ether oxygens (including phenoxy) is 3. The topological polar surface area (TPSA) is 78.9 Å². The lowest BCUT2D eigenvalue weighted by Crippen LogP contribution is -2.41. The first-order chi connectivity index (χ1) is 17.3. The third-order valence-corrected chi connectivity index (χ3v) is 5.38. The number of esters is 3. The van der Waals surface area contributed by atoms with Crippen LogP contribution in [0.3, 0.4) is 0 Å². The van der Waals surface area contributed by atoms with Crippen molar-refractivity contribution in [3.8, 4) is 0 Å². The lowest BCUT2D eigenvalue weighted by Gasteiger charge is -2.32. The van der Waals surface area contributed by atoms with E-state index < -0.39 is 5.41 Å². The summed E-state index contributed by atoms with van der Waals surface area (Å²) in [6, 6.07) is 7.94. The highest BCUT2D eigenvalue weighted by Gasteiger charge is 2.36. The predicted molar refractivity (Wildman–Crippen MR) is 142 cm³/mol. The van der Waals surface area contributed by atoms with Gasteiger partial charge in [-0.1, -0.05) is 87.1 Å². The van der Waals surface area contributed by atoms with Crippen molar-refractivity contribution in [3.63, 3.8) is 0 Å². The van der Waals surface area contributed by atoms with Crippen molar-refractivity contribution in [2.75, 3.05) is 19.8 Å². The molecule has 0 fully saturated rings. The summed E-state index contributed by atoms with van der Waals surface area (Å²) in [6.07, 6.45) is 14.3. The third-order valence-electron chi connectivity index (χ3n) is 5.38. The number of hydrogen-bond acceptors (Lipinski definition) is 6. The molecule has 0 N–H and O–H groups in total. The molecule has 0 atom stereocenters. The number of hydrogen-bond donors (Lipinski definition) is 0. The largest absolute Gasteiger partial charge is 0.465 e. The molecule has 0 saturated carbocycles. The second-order valence-electron chi connectivity index (χ2n) is 8.90. The fraction of sp³-hybridized carbons (Fsp3) is 0.500. The number of rotatable bonds is 17. The van der Waals surface area contributed by atoms with Gasteiger partial charge < -0.3 is 14.2 Å². The molecule has 36 heavy (non-hydrogen) atoms. The van der Waals surface area contributed by atoms with Gasteiger partial charge in [-0.2, -0.15) is 0 Å². The molecular formula is C30H42O6. The van der Waals surface area contributed by atoms with Gasteiger partial charge in [-0.25, -0.2) is 0 Å². The predicted octanol–water partition coefficient (Wildman–Crippen LogP) is 6.22. The molecule has 0 aliphatic carbocycles. The Morgan fingerprint density at radius 1 is 0.639 bits per heavy atom. The van der Waals surface area contributed by atoms with Gasteiger partial charge in [0.1, 0.15) is 19.8 Å². The van der Waals surface area contributed by atoms with Crippen molar-refractivity contribution in [2.45, 2.75) is 72.6 Å². The standard InChI is InChI=1S/C30H42O6/c1-5-8-11-14-27(31)34-22-30(21-26-19-17-25(4)18-20-26,23-35-28(32)15-12-9-6-2)24-36-29(33)16-13-10-7-3/h8-13,17-20H,5-7,14-16,21-24H2,1-4H3. The van der Waals surface area contributed by atoms with E-state index in [1.807, 2.05) is 70.2 Å². The van der Waals surface area contributed by atoms with Crippen molar-refractivity contribution in [3.05, 3.63) is 71.8 Å². The van der Waals surface area contributed by atoms with E-state index in [1.54, 1.807) is 18.2 Å². The molecule has 0 bridgehead atoms. The maximum absolute atomic E-state index is 12.4. The van der Waals surface area contributed by atoms with Crippen LogP contribution in [0.1, 0.15) is 70.4 Å². The van der Waals surface area contributed by atoms with Crippen LogP contribution in [0.15, 0.2) is 60.7 Å². The third kappa shape index (κ3) is 13.7. The lowest BCUT2D eigenvalue weighted by molar-refractivity contribution is -0.161. The minimum Gasteiger partial charge on any atom is -0.465 e. The highest BCUT2D eigenvalue weighted by molar-refractivity contribution is 5.72. The van der Waals surface area contributed by atoms with Crippen LogP contribution >= 0.6 is 0 Å². The minimum absolute atomic E-state index is 0.0458. The zero-order chi connectivity index (χ0) is 26.7. The van der Waals surface area contributed by atoms with Gasteiger partial charge in [-0.05, 0) is 38.2 Å². The van der Waals surface area contributed by atoms with E-state index in [-0.39, 0.29) is 57.0 Å². The Bertz CT molecular complexity index is 800. The zero-order valence-electron chi connectivity index (χ0n) is 22.3. The van der Waals surface area contributed by atoms with E-state index in [4.69, 9.17) is 14.2 Å². The van der Waals surface area contributed by atoms with Crippen molar-refractivity contribution in [1.82, 2.24) is 0 Å². The number of allylic oxidation sites excluding steroid dienone is 3. The Labute approximate surface area is 216 Å². The monoisotopic (exact) mass is 498 g/mol. The second-order valence-corrected chi connectivity index (χ2v) is 8.90. The summed E-state index contributed by atoms with van der Waals surface area (Å²) in [4.78, 5) is 37.1. The molecule has 198 valence electrons. The first-order valence-corrected chi connectivity index (χ1v) is 12.8. The van der Waals surface area contributed by atoms with Gasteiger partial charge in [-0.15, -0.1) is 0 Å². The molecule has 1 aromatic rings. The maximum atomic E-state index is 12.4. The molecule has 1 rings (SSSR count). The fourth-order valence-electron chi connectivity index (χ4n) is 3.33. The van der Waals surface area contributed by atoms with Crippen molar-refractivity contribution < 1.29 is 28.6 Å². The van der Waals surface area contributed by atoms with Crippen LogP contribution in [0.2, 0.25) is 0 Å². The Morgan fingerprint density at radius 3 is 1.33 bits per heavy atom. The minimum atomic E-state index is -0.923. The van der Waals surface area contributed by atoms with Gasteiger partial charge >= 0.3 is 17.9 Å². The molecule has 0 heterocycles. The number of carbonyl (C=O) groups is 3. The first-order valence-electron chi connectivity index (χ1n) is 12.8. The van der Waals surface area contributed by atoms with Gasteiger partial charge in [0, 0.05) is 0 Å². The summed E-state index contributed by atoms with van der Waals surface area (Å²) in [7, 11) is 0. The quantitative estimate of drug-likeness (QED) is 0.144. The molecule has 0 saturated heterocycles. The lowest BCUT2D eigenvalue weighted by atomic mass is 9.83. The Hall–Kier alpha value is -3.15. The molecule has 0 unspecified atom stereocenters. The number of aryl methyl sites for hydroxylation is 1. The summed E-state index contributed by atoms with van der Waals surface area (Å²) in [5, 5.41) is 0. The van der Waals surface area contributed by atoms with E-state index in [9.17, 15) is 14.4 Å². The summed E-state index contributed by atoms with van der Waals surface area (Å²) in [5.41, 5.74) is 1.15. The van der Waals surface area contributed by atoms with Crippen LogP contribution in [0, 0.1) is 12.3 Å². The molecule has 0 amide bonds. The van der Waals surface area contributed by atoms with Crippen molar-refractivity contribution >= 4 is 17.9 Å². The van der Waals surface area contributed by atoms with Crippen LogP contribution in [-0.4, -0.2) is 37.7 Å². The number of carbonyl (C=O) groups excluding carboxylic acids is 3. The van der Waals surface area contributed by atoms with Gasteiger partial charge in [-0.3, -0.25) is 14.4 Å². The summed E-state index contributed by atoms with van der Waals surface area (Å²) >= 11 is 0. The molecule has 6 nitrogen and oxygen atoms in total. The van der Waals surface area contributed by atoms with Crippen LogP contribution in [0.25, 0.3) is 0 Å². The SMILES string of the molecule is CCC=CCC(=O)OCC(COC(=O)CC=CCC)(COC(=O)CC=CCC)Cc1ccc(C)cc1. The van der Waals surface area contributed by atoms with E-state index in [1.165, 1.54) is 0 Å². The van der Waals surface area contributed by atoms with E-state index in [0.29, 0.717) is 6.42 Å². The molecule has 0 radical (unpaired) electrons. The molecular weight excluding hydrogens is 456 g/mol. The van der Waals surface area contributed by atoms with E-state index in [2.05, 4.69) is 0 Å². The van der Waals surface area contributed by atoms with Crippen molar-refractivity contribution in [2.24, 2.45) is 5.41 Å². The Morgan fingerprint density at radius 2 is 1.00 bits per heavy atom. The zero-order valence-corrected chi connectivity index (χ0v) is 22.3. The molecule has 0 spiro atoms. The van der Waals surface area contributed by atoms with Crippen LogP contribution < -0.4 is 0 Å². The Balaban J connectivity index is 3.12. The molecule has 0 aromatic heterocycles. The smallest absolute Gasteiger partial charge is 0.309 e. The second kappa shape index (κ2) is 18.2. The first kappa shape index (κ1) is 30.9. The molecule has 0 aliphatic heterocycles. The van der Waals surface area contributed by atoms with Gasteiger partial charge in [0.2, 0.25) is 0 Å². The van der Waals surface area contributed by atoms with Crippen LogP contribution in [0.4, 0.5) is 0 Å². The summed E-state index contributed by atoms with van der Waals surface area (Å²) in [6.45, 7) is 7.83. The number of benzene rings is 1. The van der Waals surface area contributed by atoms with Gasteiger partial charge in [0.05, 0.1) is 24.7 Å². The van der Waals surface area contributed by atoms with Gasteiger partial charge in [0.15, 0.2) is 0 Å². The fourth-order valence-corrected chi connectivity index (χ4v) is 3.33. The Kier molecular flexibility index (Phi) is 15.6. The highest BCUT2D eigenvalue weighted by atomic mass is 16.6. The molecule has 6 heteroatoms. The average molecular weight is 499 g/mol. The highest BCUT2D eigenvalue weighted by Crippen LogP contribution is 2.27. The average Bonchev–Trinajstić information content (AvgIpc) is 2.87. The summed E-state index contributed by atoms with van der Waals surface area (Å²) < 4.78 is 16.8. The maximum Gasteiger partial charge on any atom is 0.309 e.